The highest BCUT2D eigenvalue weighted by molar-refractivity contribution is 5.92. The van der Waals surface area contributed by atoms with Crippen LogP contribution in [-0.4, -0.2) is 46.2 Å². The first-order valence-corrected chi connectivity index (χ1v) is 6.51. The summed E-state index contributed by atoms with van der Waals surface area (Å²) in [5.74, 6) is -1.78. The predicted octanol–water partition coefficient (Wildman–Crippen LogP) is 1.52. The van der Waals surface area contributed by atoms with Gasteiger partial charge in [0.2, 0.25) is 5.91 Å². The minimum Gasteiger partial charge on any atom is -0.481 e. The van der Waals surface area contributed by atoms with Crippen molar-refractivity contribution < 1.29 is 24.2 Å². The van der Waals surface area contributed by atoms with Crippen LogP contribution >= 0.6 is 0 Å². The molecule has 1 aromatic carbocycles. The molecule has 6 heteroatoms. The predicted molar refractivity (Wildman–Crippen MR) is 75.9 cm³/mol. The summed E-state index contributed by atoms with van der Waals surface area (Å²) in [6, 6.07) is 5.61. The van der Waals surface area contributed by atoms with Crippen molar-refractivity contribution in [1.82, 2.24) is 4.90 Å². The second-order valence-electron chi connectivity index (χ2n) is 4.66. The van der Waals surface area contributed by atoms with Crippen LogP contribution in [0.3, 0.4) is 0 Å². The number of amides is 1. The van der Waals surface area contributed by atoms with E-state index in [2.05, 4.69) is 0 Å². The van der Waals surface area contributed by atoms with Crippen molar-refractivity contribution in [3.05, 3.63) is 41.7 Å². The van der Waals surface area contributed by atoms with Crippen LogP contribution in [0.15, 0.2) is 30.3 Å². The molecule has 1 unspecified atom stereocenters. The SMILES string of the molecule is CC(O)CN(CCC(=O)O)C(=O)/C=C/c1ccc(F)cc1. The molecule has 0 saturated heterocycles. The highest BCUT2D eigenvalue weighted by Gasteiger charge is 2.14. The van der Waals surface area contributed by atoms with E-state index in [1.807, 2.05) is 0 Å². The van der Waals surface area contributed by atoms with E-state index in [0.717, 1.165) is 0 Å². The summed E-state index contributed by atoms with van der Waals surface area (Å²) in [6.07, 6.45) is 1.85. The van der Waals surface area contributed by atoms with Crippen molar-refractivity contribution in [2.45, 2.75) is 19.4 Å². The van der Waals surface area contributed by atoms with Crippen LogP contribution in [0.5, 0.6) is 0 Å². The number of hydrogen-bond acceptors (Lipinski definition) is 3. The van der Waals surface area contributed by atoms with Crippen molar-refractivity contribution >= 4 is 18.0 Å². The van der Waals surface area contributed by atoms with Gasteiger partial charge in [0.25, 0.3) is 0 Å². The Labute approximate surface area is 122 Å². The number of carbonyl (C=O) groups excluding carboxylic acids is 1. The fourth-order valence-electron chi connectivity index (χ4n) is 1.69. The normalized spacial score (nSPS) is 12.3. The zero-order chi connectivity index (χ0) is 15.8. The second kappa shape index (κ2) is 8.16. The molecule has 114 valence electrons. The molecule has 1 aromatic rings. The summed E-state index contributed by atoms with van der Waals surface area (Å²) in [6.45, 7) is 1.59. The number of halogens is 1. The fraction of sp³-hybridized carbons (Fsp3) is 0.333. The smallest absolute Gasteiger partial charge is 0.305 e. The minimum atomic E-state index is -1.01. The number of benzene rings is 1. The number of carboxylic acids is 1. The number of aliphatic carboxylic acids is 1. The van der Waals surface area contributed by atoms with E-state index in [0.29, 0.717) is 5.56 Å². The van der Waals surface area contributed by atoms with Crippen LogP contribution in [0, 0.1) is 5.82 Å². The molecule has 0 spiro atoms. The lowest BCUT2D eigenvalue weighted by Crippen LogP contribution is -2.37. The third-order valence-electron chi connectivity index (χ3n) is 2.68. The van der Waals surface area contributed by atoms with E-state index >= 15 is 0 Å². The Kier molecular flexibility index (Phi) is 6.55. The summed E-state index contributed by atoms with van der Waals surface area (Å²) in [7, 11) is 0. The van der Waals surface area contributed by atoms with Gasteiger partial charge in [0.15, 0.2) is 0 Å². The van der Waals surface area contributed by atoms with Crippen LogP contribution in [0.25, 0.3) is 6.08 Å². The zero-order valence-electron chi connectivity index (χ0n) is 11.7. The number of nitrogens with zero attached hydrogens (tertiary/aromatic N) is 1. The van der Waals surface area contributed by atoms with Crippen molar-refractivity contribution in [3.63, 3.8) is 0 Å². The molecule has 0 aliphatic carbocycles. The molecule has 0 fully saturated rings. The van der Waals surface area contributed by atoms with E-state index in [9.17, 15) is 19.1 Å². The molecule has 1 amide bonds. The number of hydrogen-bond donors (Lipinski definition) is 2. The number of aliphatic hydroxyl groups excluding tert-OH is 1. The summed E-state index contributed by atoms with van der Waals surface area (Å²) in [5.41, 5.74) is 0.653. The minimum absolute atomic E-state index is 0.0207. The van der Waals surface area contributed by atoms with Gasteiger partial charge >= 0.3 is 5.97 Å². The van der Waals surface area contributed by atoms with E-state index in [1.165, 1.54) is 48.2 Å². The molecule has 2 N–H and O–H groups in total. The largest absolute Gasteiger partial charge is 0.481 e. The molecule has 21 heavy (non-hydrogen) atoms. The summed E-state index contributed by atoms with van der Waals surface area (Å²) >= 11 is 0. The van der Waals surface area contributed by atoms with Gasteiger partial charge in [-0.1, -0.05) is 12.1 Å². The van der Waals surface area contributed by atoms with E-state index < -0.39 is 18.0 Å². The quantitative estimate of drug-likeness (QED) is 0.748. The lowest BCUT2D eigenvalue weighted by atomic mass is 10.2. The molecule has 0 aliphatic rings. The van der Waals surface area contributed by atoms with Crippen LogP contribution in [0.4, 0.5) is 4.39 Å². The van der Waals surface area contributed by atoms with Gasteiger partial charge in [0.05, 0.1) is 12.5 Å². The van der Waals surface area contributed by atoms with E-state index in [-0.39, 0.29) is 25.3 Å². The van der Waals surface area contributed by atoms with Crippen LogP contribution < -0.4 is 0 Å². The molecule has 1 rings (SSSR count). The Morgan fingerprint density at radius 3 is 2.48 bits per heavy atom. The standard InChI is InChI=1S/C15H18FNO4/c1-11(18)10-17(9-8-15(20)21)14(19)7-4-12-2-5-13(16)6-3-12/h2-7,11,18H,8-10H2,1H3,(H,20,21)/b7-4+. The molecule has 0 aromatic heterocycles. The van der Waals surface area contributed by atoms with Gasteiger partial charge < -0.3 is 15.1 Å². The first-order chi connectivity index (χ1) is 9.88. The number of rotatable bonds is 7. The first kappa shape index (κ1) is 16.8. The highest BCUT2D eigenvalue weighted by atomic mass is 19.1. The lowest BCUT2D eigenvalue weighted by Gasteiger charge is -2.21. The van der Waals surface area contributed by atoms with Gasteiger partial charge in [0.1, 0.15) is 5.82 Å². The van der Waals surface area contributed by atoms with Crippen molar-refractivity contribution in [2.75, 3.05) is 13.1 Å². The van der Waals surface area contributed by atoms with Crippen LogP contribution in [-0.2, 0) is 9.59 Å². The maximum atomic E-state index is 12.8. The Morgan fingerprint density at radius 1 is 1.33 bits per heavy atom. The molecule has 0 aliphatic heterocycles. The van der Waals surface area contributed by atoms with Gasteiger partial charge in [-0.2, -0.15) is 0 Å². The summed E-state index contributed by atoms with van der Waals surface area (Å²) < 4.78 is 12.8. The zero-order valence-corrected chi connectivity index (χ0v) is 11.7. The van der Waals surface area contributed by atoms with Gasteiger partial charge in [0, 0.05) is 19.2 Å². The monoisotopic (exact) mass is 295 g/mol. The van der Waals surface area contributed by atoms with E-state index in [4.69, 9.17) is 5.11 Å². The molecular weight excluding hydrogens is 277 g/mol. The number of carbonyl (C=O) groups is 2. The van der Waals surface area contributed by atoms with Gasteiger partial charge in [-0.25, -0.2) is 4.39 Å². The molecule has 0 heterocycles. The van der Waals surface area contributed by atoms with Gasteiger partial charge in [-0.05, 0) is 30.7 Å². The number of aliphatic hydroxyl groups is 1. The lowest BCUT2D eigenvalue weighted by molar-refractivity contribution is -0.138. The summed E-state index contributed by atoms with van der Waals surface area (Å²) in [4.78, 5) is 23.8. The number of carboxylic acid groups (broad SMARTS) is 1. The second-order valence-corrected chi connectivity index (χ2v) is 4.66. The van der Waals surface area contributed by atoms with Gasteiger partial charge in [-0.15, -0.1) is 0 Å². The maximum Gasteiger partial charge on any atom is 0.305 e. The molecular formula is C15H18FNO4. The Balaban J connectivity index is 2.70. The Bertz CT molecular complexity index is 511. The average molecular weight is 295 g/mol. The Morgan fingerprint density at radius 2 is 1.95 bits per heavy atom. The highest BCUT2D eigenvalue weighted by Crippen LogP contribution is 2.06. The average Bonchev–Trinajstić information content (AvgIpc) is 2.42. The molecule has 5 nitrogen and oxygen atoms in total. The third-order valence-corrected chi connectivity index (χ3v) is 2.68. The van der Waals surface area contributed by atoms with Crippen molar-refractivity contribution in [2.24, 2.45) is 0 Å². The van der Waals surface area contributed by atoms with Crippen molar-refractivity contribution in [1.29, 1.82) is 0 Å². The third kappa shape index (κ3) is 6.67. The van der Waals surface area contributed by atoms with Crippen molar-refractivity contribution in [3.8, 4) is 0 Å². The van der Waals surface area contributed by atoms with Crippen LogP contribution in [0.1, 0.15) is 18.9 Å². The molecule has 1 atom stereocenters. The van der Waals surface area contributed by atoms with Gasteiger partial charge in [-0.3, -0.25) is 9.59 Å². The fourth-order valence-corrected chi connectivity index (χ4v) is 1.69. The molecule has 0 radical (unpaired) electrons. The van der Waals surface area contributed by atoms with E-state index in [1.54, 1.807) is 0 Å². The maximum absolute atomic E-state index is 12.8. The molecule has 0 bridgehead atoms. The Hall–Kier alpha value is -2.21. The van der Waals surface area contributed by atoms with Crippen LogP contribution in [0.2, 0.25) is 0 Å². The summed E-state index contributed by atoms with van der Waals surface area (Å²) in [5, 5.41) is 18.0. The first-order valence-electron chi connectivity index (χ1n) is 6.51. The molecule has 0 saturated carbocycles. The topological polar surface area (TPSA) is 77.8 Å².